The fraction of sp³-hybridized carbons (Fsp3) is 0.316. The zero-order valence-electron chi connectivity index (χ0n) is 15.0. The number of nitrogens with two attached hydrogens (primary N) is 1. The zero-order valence-corrected chi connectivity index (χ0v) is 15.0. The molecule has 2 N–H and O–H groups in total. The van der Waals surface area contributed by atoms with Crippen LogP contribution in [0.1, 0.15) is 40.8 Å². The van der Waals surface area contributed by atoms with E-state index in [2.05, 4.69) is 20.1 Å². The highest BCUT2D eigenvalue weighted by molar-refractivity contribution is 5.99. The molecule has 0 radical (unpaired) electrons. The van der Waals surface area contributed by atoms with Crippen LogP contribution in [0.4, 0.5) is 5.95 Å². The molecule has 1 amide bonds. The van der Waals surface area contributed by atoms with E-state index in [1.807, 2.05) is 30.3 Å². The van der Waals surface area contributed by atoms with Crippen molar-refractivity contribution in [3.63, 3.8) is 0 Å². The number of anilines is 1. The van der Waals surface area contributed by atoms with Crippen molar-refractivity contribution in [2.24, 2.45) is 0 Å². The van der Waals surface area contributed by atoms with Crippen molar-refractivity contribution in [3.05, 3.63) is 53.8 Å². The van der Waals surface area contributed by atoms with Gasteiger partial charge in [-0.05, 0) is 12.8 Å². The molecule has 0 aliphatic carbocycles. The van der Waals surface area contributed by atoms with E-state index in [9.17, 15) is 4.79 Å². The second kappa shape index (κ2) is 7.14. The molecule has 2 aromatic heterocycles. The highest BCUT2D eigenvalue weighted by Crippen LogP contribution is 2.28. The molecule has 0 unspecified atom stereocenters. The number of aryl methyl sites for hydroxylation is 1. The summed E-state index contributed by atoms with van der Waals surface area (Å²) in [5.74, 6) is 1.28. The summed E-state index contributed by atoms with van der Waals surface area (Å²) in [5.41, 5.74) is 7.59. The van der Waals surface area contributed by atoms with Gasteiger partial charge < -0.3 is 15.2 Å². The molecule has 1 aliphatic rings. The molecule has 3 heterocycles. The Morgan fingerprint density at radius 1 is 1.26 bits per heavy atom. The fourth-order valence-corrected chi connectivity index (χ4v) is 3.39. The number of nitrogens with zero attached hydrogens (tertiary/aromatic N) is 5. The van der Waals surface area contributed by atoms with Gasteiger partial charge in [0.15, 0.2) is 5.82 Å². The predicted octanol–water partition coefficient (Wildman–Crippen LogP) is 2.44. The summed E-state index contributed by atoms with van der Waals surface area (Å²) in [4.78, 5) is 27.7. The normalized spacial score (nSPS) is 17.1. The van der Waals surface area contributed by atoms with Crippen LogP contribution in [0.3, 0.4) is 0 Å². The molecule has 0 bridgehead atoms. The number of likely N-dealkylation sites (tertiary alicyclic amines) is 1. The summed E-state index contributed by atoms with van der Waals surface area (Å²) in [7, 11) is 0. The summed E-state index contributed by atoms with van der Waals surface area (Å²) < 4.78 is 5.09. The third-order valence-corrected chi connectivity index (χ3v) is 4.70. The number of aromatic nitrogens is 4. The Morgan fingerprint density at radius 2 is 2.07 bits per heavy atom. The van der Waals surface area contributed by atoms with Crippen LogP contribution >= 0.6 is 0 Å². The Morgan fingerprint density at radius 3 is 2.81 bits per heavy atom. The predicted molar refractivity (Wildman–Crippen MR) is 98.8 cm³/mol. The minimum atomic E-state index is -0.112. The average molecular weight is 364 g/mol. The molecular formula is C19H20N6O2. The number of carbonyl (C=O) groups is 1. The van der Waals surface area contributed by atoms with E-state index in [0.29, 0.717) is 36.1 Å². The second-order valence-corrected chi connectivity index (χ2v) is 6.62. The first-order valence-corrected chi connectivity index (χ1v) is 8.89. The molecule has 1 saturated heterocycles. The fourth-order valence-electron chi connectivity index (χ4n) is 3.39. The van der Waals surface area contributed by atoms with Crippen molar-refractivity contribution in [3.8, 4) is 11.3 Å². The van der Waals surface area contributed by atoms with Crippen molar-refractivity contribution in [2.45, 2.75) is 25.7 Å². The summed E-state index contributed by atoms with van der Waals surface area (Å²) in [5, 5.41) is 4.02. The maximum absolute atomic E-state index is 13.2. The van der Waals surface area contributed by atoms with E-state index in [0.717, 1.165) is 18.4 Å². The van der Waals surface area contributed by atoms with Gasteiger partial charge in [-0.15, -0.1) is 0 Å². The van der Waals surface area contributed by atoms with Gasteiger partial charge in [0, 0.05) is 37.7 Å². The highest BCUT2D eigenvalue weighted by atomic mass is 16.5. The molecule has 0 spiro atoms. The molecule has 3 aromatic rings. The molecular weight excluding hydrogens is 344 g/mol. The molecule has 27 heavy (non-hydrogen) atoms. The molecule has 138 valence electrons. The molecule has 4 rings (SSSR count). The van der Waals surface area contributed by atoms with Crippen LogP contribution in [0.5, 0.6) is 0 Å². The van der Waals surface area contributed by atoms with Gasteiger partial charge in [-0.1, -0.05) is 35.5 Å². The smallest absolute Gasteiger partial charge is 0.257 e. The molecule has 8 heteroatoms. The largest absolute Gasteiger partial charge is 0.368 e. The Kier molecular flexibility index (Phi) is 4.53. The van der Waals surface area contributed by atoms with E-state index < -0.39 is 0 Å². The first kappa shape index (κ1) is 17.1. The van der Waals surface area contributed by atoms with Gasteiger partial charge in [0.25, 0.3) is 5.91 Å². The first-order valence-electron chi connectivity index (χ1n) is 8.89. The lowest BCUT2D eigenvalue weighted by Crippen LogP contribution is -2.39. The lowest BCUT2D eigenvalue weighted by atomic mass is 9.96. The molecule has 1 aliphatic heterocycles. The minimum absolute atomic E-state index is 0.0648. The van der Waals surface area contributed by atoms with Crippen molar-refractivity contribution < 1.29 is 9.32 Å². The number of hydrogen-bond donors (Lipinski definition) is 1. The third-order valence-electron chi connectivity index (χ3n) is 4.70. The van der Waals surface area contributed by atoms with Gasteiger partial charge in [-0.3, -0.25) is 4.79 Å². The molecule has 0 saturated carbocycles. The lowest BCUT2D eigenvalue weighted by Gasteiger charge is -2.31. The van der Waals surface area contributed by atoms with Crippen molar-refractivity contribution in [1.29, 1.82) is 0 Å². The van der Waals surface area contributed by atoms with Crippen LogP contribution in [0.15, 0.2) is 41.1 Å². The summed E-state index contributed by atoms with van der Waals surface area (Å²) in [6.45, 7) is 2.97. The lowest BCUT2D eigenvalue weighted by molar-refractivity contribution is 0.0703. The van der Waals surface area contributed by atoms with E-state index in [1.54, 1.807) is 11.8 Å². The third kappa shape index (κ3) is 3.51. The summed E-state index contributed by atoms with van der Waals surface area (Å²) >= 11 is 0. The van der Waals surface area contributed by atoms with Gasteiger partial charge in [-0.25, -0.2) is 9.97 Å². The van der Waals surface area contributed by atoms with Crippen LogP contribution in [0.2, 0.25) is 0 Å². The van der Waals surface area contributed by atoms with E-state index >= 15 is 0 Å². The maximum atomic E-state index is 13.2. The van der Waals surface area contributed by atoms with Crippen LogP contribution in [-0.4, -0.2) is 44.0 Å². The van der Waals surface area contributed by atoms with Crippen molar-refractivity contribution in [1.82, 2.24) is 25.0 Å². The quantitative estimate of drug-likeness (QED) is 0.760. The molecule has 8 nitrogen and oxygen atoms in total. The number of rotatable bonds is 3. The van der Waals surface area contributed by atoms with Gasteiger partial charge in [0.1, 0.15) is 0 Å². The van der Waals surface area contributed by atoms with Gasteiger partial charge in [0.05, 0.1) is 11.3 Å². The average Bonchev–Trinajstić information content (AvgIpc) is 3.14. The Balaban J connectivity index is 1.63. The number of piperidine rings is 1. The number of benzene rings is 1. The number of hydrogen-bond acceptors (Lipinski definition) is 7. The molecule has 1 aromatic carbocycles. The second-order valence-electron chi connectivity index (χ2n) is 6.62. The van der Waals surface area contributed by atoms with Gasteiger partial charge in [0.2, 0.25) is 11.8 Å². The molecule has 1 atom stereocenters. The van der Waals surface area contributed by atoms with Crippen LogP contribution in [-0.2, 0) is 0 Å². The van der Waals surface area contributed by atoms with E-state index in [4.69, 9.17) is 10.3 Å². The maximum Gasteiger partial charge on any atom is 0.257 e. The Bertz CT molecular complexity index is 956. The van der Waals surface area contributed by atoms with Crippen molar-refractivity contribution in [2.75, 3.05) is 18.8 Å². The summed E-state index contributed by atoms with van der Waals surface area (Å²) in [6.07, 6.45) is 3.31. The van der Waals surface area contributed by atoms with Gasteiger partial charge >= 0.3 is 0 Å². The number of carbonyl (C=O) groups excluding carboxylic acids is 1. The number of nitrogen functional groups attached to an aromatic ring is 1. The highest BCUT2D eigenvalue weighted by Gasteiger charge is 2.30. The minimum Gasteiger partial charge on any atom is -0.368 e. The Hall–Kier alpha value is -3.29. The molecule has 1 fully saturated rings. The van der Waals surface area contributed by atoms with E-state index in [1.165, 1.54) is 6.20 Å². The van der Waals surface area contributed by atoms with Crippen LogP contribution in [0, 0.1) is 6.92 Å². The SMILES string of the molecule is Cc1nc([C@H]2CCCN(C(=O)c3cnc(N)nc3-c3ccccc3)C2)no1. The van der Waals surface area contributed by atoms with Crippen LogP contribution in [0.25, 0.3) is 11.3 Å². The zero-order chi connectivity index (χ0) is 18.8. The first-order chi connectivity index (χ1) is 13.1. The monoisotopic (exact) mass is 364 g/mol. The van der Waals surface area contributed by atoms with Crippen LogP contribution < -0.4 is 5.73 Å². The van der Waals surface area contributed by atoms with Gasteiger partial charge in [-0.2, -0.15) is 4.98 Å². The standard InChI is InChI=1S/C19H20N6O2/c1-12-22-17(24-27-12)14-8-5-9-25(11-14)18(26)15-10-21-19(20)23-16(15)13-6-3-2-4-7-13/h2-4,6-7,10,14H,5,8-9,11H2,1H3,(H2,20,21,23)/t14-/m0/s1. The van der Waals surface area contributed by atoms with Crippen molar-refractivity contribution >= 4 is 11.9 Å². The summed E-state index contributed by atoms with van der Waals surface area (Å²) in [6, 6.07) is 9.52. The van der Waals surface area contributed by atoms with E-state index in [-0.39, 0.29) is 17.8 Å². The number of amides is 1. The topological polar surface area (TPSA) is 111 Å². The Labute approximate surface area is 156 Å².